The molecule has 1 saturated carbocycles. The van der Waals surface area contributed by atoms with E-state index < -0.39 is 5.97 Å². The number of carbonyl (C=O) groups is 2. The molecular formula is C14H15NO3. The molecule has 0 saturated heterocycles. The van der Waals surface area contributed by atoms with Crippen molar-refractivity contribution in [3.05, 3.63) is 41.0 Å². The Morgan fingerprint density at radius 3 is 2.67 bits per heavy atom. The van der Waals surface area contributed by atoms with E-state index in [1.165, 1.54) is 6.08 Å². The minimum absolute atomic E-state index is 0.0521. The van der Waals surface area contributed by atoms with Crippen molar-refractivity contribution in [2.24, 2.45) is 0 Å². The van der Waals surface area contributed by atoms with Crippen molar-refractivity contribution in [3.8, 4) is 0 Å². The number of nitrogens with one attached hydrogen (secondary N) is 1. The lowest BCUT2D eigenvalue weighted by Gasteiger charge is -2.07. The van der Waals surface area contributed by atoms with Gasteiger partial charge in [-0.25, -0.2) is 4.79 Å². The summed E-state index contributed by atoms with van der Waals surface area (Å²) in [6, 6.07) is 5.62. The summed E-state index contributed by atoms with van der Waals surface area (Å²) in [5.41, 5.74) is 2.27. The van der Waals surface area contributed by atoms with Gasteiger partial charge in [0.05, 0.1) is 0 Å². The van der Waals surface area contributed by atoms with E-state index in [1.807, 2.05) is 6.92 Å². The van der Waals surface area contributed by atoms with Gasteiger partial charge in [-0.1, -0.05) is 12.1 Å². The molecule has 1 aromatic rings. The third kappa shape index (κ3) is 3.20. The quantitative estimate of drug-likeness (QED) is 0.797. The van der Waals surface area contributed by atoms with E-state index in [1.54, 1.807) is 18.2 Å². The van der Waals surface area contributed by atoms with Crippen molar-refractivity contribution in [1.29, 1.82) is 0 Å². The van der Waals surface area contributed by atoms with Crippen molar-refractivity contribution >= 4 is 18.0 Å². The van der Waals surface area contributed by atoms with Crippen LogP contribution in [0.15, 0.2) is 24.3 Å². The number of aryl methyl sites for hydroxylation is 1. The van der Waals surface area contributed by atoms with E-state index in [0.29, 0.717) is 11.6 Å². The fraction of sp³-hybridized carbons (Fsp3) is 0.286. The molecule has 0 aromatic heterocycles. The van der Waals surface area contributed by atoms with Gasteiger partial charge in [-0.15, -0.1) is 0 Å². The van der Waals surface area contributed by atoms with Crippen molar-refractivity contribution < 1.29 is 14.7 Å². The number of aliphatic carboxylic acids is 1. The van der Waals surface area contributed by atoms with E-state index in [-0.39, 0.29) is 5.91 Å². The normalized spacial score (nSPS) is 14.7. The molecule has 1 aliphatic rings. The van der Waals surface area contributed by atoms with Gasteiger partial charge in [-0.3, -0.25) is 4.79 Å². The summed E-state index contributed by atoms with van der Waals surface area (Å²) in [5, 5.41) is 11.5. The highest BCUT2D eigenvalue weighted by molar-refractivity contribution is 5.96. The van der Waals surface area contributed by atoms with Gasteiger partial charge in [0.1, 0.15) is 0 Å². The van der Waals surface area contributed by atoms with E-state index in [4.69, 9.17) is 5.11 Å². The average Bonchev–Trinajstić information content (AvgIpc) is 3.10. The summed E-state index contributed by atoms with van der Waals surface area (Å²) in [4.78, 5) is 22.3. The van der Waals surface area contributed by atoms with E-state index in [0.717, 1.165) is 30.0 Å². The Morgan fingerprint density at radius 1 is 1.39 bits per heavy atom. The van der Waals surface area contributed by atoms with Crippen molar-refractivity contribution in [1.82, 2.24) is 5.32 Å². The molecule has 18 heavy (non-hydrogen) atoms. The predicted molar refractivity (Wildman–Crippen MR) is 68.3 cm³/mol. The molecule has 0 aliphatic heterocycles. The van der Waals surface area contributed by atoms with Crippen LogP contribution in [-0.2, 0) is 4.79 Å². The second-order valence-corrected chi connectivity index (χ2v) is 4.49. The molecule has 2 N–H and O–H groups in total. The van der Waals surface area contributed by atoms with Crippen molar-refractivity contribution in [2.45, 2.75) is 25.8 Å². The first-order chi connectivity index (χ1) is 8.56. The summed E-state index contributed by atoms with van der Waals surface area (Å²) in [6.45, 7) is 1.85. The van der Waals surface area contributed by atoms with Crippen LogP contribution in [0.25, 0.3) is 6.08 Å². The third-order valence-corrected chi connectivity index (χ3v) is 2.83. The number of rotatable bonds is 4. The summed E-state index contributed by atoms with van der Waals surface area (Å²) >= 11 is 0. The predicted octanol–water partition coefficient (Wildman–Crippen LogP) is 1.99. The number of benzene rings is 1. The van der Waals surface area contributed by atoms with Crippen LogP contribution in [-0.4, -0.2) is 23.0 Å². The number of carboxylic acid groups (broad SMARTS) is 1. The van der Waals surface area contributed by atoms with E-state index >= 15 is 0 Å². The molecule has 0 unspecified atom stereocenters. The van der Waals surface area contributed by atoms with Gasteiger partial charge in [0.25, 0.3) is 5.91 Å². The first-order valence-corrected chi connectivity index (χ1v) is 5.89. The number of amides is 1. The van der Waals surface area contributed by atoms with Crippen LogP contribution >= 0.6 is 0 Å². The minimum Gasteiger partial charge on any atom is -0.478 e. The zero-order valence-corrected chi connectivity index (χ0v) is 10.1. The standard InChI is InChI=1S/C14H15NO3/c1-9-8-10(3-7-13(16)17)2-6-12(9)14(18)15-11-4-5-11/h2-3,6-8,11H,4-5H2,1H3,(H,15,18)(H,16,17). The molecule has 0 spiro atoms. The number of carbonyl (C=O) groups excluding carboxylic acids is 1. The van der Waals surface area contributed by atoms with E-state index in [2.05, 4.69) is 5.32 Å². The summed E-state index contributed by atoms with van der Waals surface area (Å²) in [6.07, 6.45) is 4.71. The van der Waals surface area contributed by atoms with Gasteiger partial charge in [0.15, 0.2) is 0 Å². The zero-order chi connectivity index (χ0) is 13.1. The van der Waals surface area contributed by atoms with Gasteiger partial charge in [-0.2, -0.15) is 0 Å². The molecule has 0 bridgehead atoms. The lowest BCUT2D eigenvalue weighted by atomic mass is 10.0. The maximum absolute atomic E-state index is 11.9. The number of carboxylic acids is 1. The van der Waals surface area contributed by atoms with Gasteiger partial charge >= 0.3 is 5.97 Å². The second kappa shape index (κ2) is 5.04. The van der Waals surface area contributed by atoms with Gasteiger partial charge < -0.3 is 10.4 Å². The van der Waals surface area contributed by atoms with Gasteiger partial charge in [-0.05, 0) is 43.0 Å². The van der Waals surface area contributed by atoms with Crippen molar-refractivity contribution in [3.63, 3.8) is 0 Å². The average molecular weight is 245 g/mol. The SMILES string of the molecule is Cc1cc(C=CC(=O)O)ccc1C(=O)NC1CC1. The molecule has 94 valence electrons. The lowest BCUT2D eigenvalue weighted by molar-refractivity contribution is -0.131. The Kier molecular flexibility index (Phi) is 3.46. The Morgan fingerprint density at radius 2 is 2.11 bits per heavy atom. The minimum atomic E-state index is -0.983. The highest BCUT2D eigenvalue weighted by Crippen LogP contribution is 2.20. The Bertz CT molecular complexity index is 516. The number of hydrogen-bond donors (Lipinski definition) is 2. The molecule has 1 aliphatic carbocycles. The molecule has 0 heterocycles. The Balaban J connectivity index is 2.13. The van der Waals surface area contributed by atoms with Crippen LogP contribution in [0.1, 0.15) is 34.3 Å². The second-order valence-electron chi connectivity index (χ2n) is 4.49. The zero-order valence-electron chi connectivity index (χ0n) is 10.1. The van der Waals surface area contributed by atoms with Crippen LogP contribution in [0.5, 0.6) is 0 Å². The summed E-state index contributed by atoms with van der Waals surface area (Å²) in [5.74, 6) is -1.04. The van der Waals surface area contributed by atoms with Gasteiger partial charge in [0, 0.05) is 17.7 Å². The highest BCUT2D eigenvalue weighted by atomic mass is 16.4. The topological polar surface area (TPSA) is 66.4 Å². The lowest BCUT2D eigenvalue weighted by Crippen LogP contribution is -2.26. The maximum Gasteiger partial charge on any atom is 0.328 e. The third-order valence-electron chi connectivity index (χ3n) is 2.83. The van der Waals surface area contributed by atoms with Crippen LogP contribution in [0.3, 0.4) is 0 Å². The molecule has 4 nitrogen and oxygen atoms in total. The van der Waals surface area contributed by atoms with Crippen LogP contribution in [0.4, 0.5) is 0 Å². The van der Waals surface area contributed by atoms with E-state index in [9.17, 15) is 9.59 Å². The molecule has 1 aromatic carbocycles. The highest BCUT2D eigenvalue weighted by Gasteiger charge is 2.24. The first kappa shape index (κ1) is 12.4. The molecule has 1 amide bonds. The summed E-state index contributed by atoms with van der Waals surface area (Å²) < 4.78 is 0. The van der Waals surface area contributed by atoms with Crippen molar-refractivity contribution in [2.75, 3.05) is 0 Å². The molecule has 0 radical (unpaired) electrons. The first-order valence-electron chi connectivity index (χ1n) is 5.89. The van der Waals surface area contributed by atoms with Crippen LogP contribution in [0, 0.1) is 6.92 Å². The monoisotopic (exact) mass is 245 g/mol. The smallest absolute Gasteiger partial charge is 0.328 e. The Hall–Kier alpha value is -2.10. The van der Waals surface area contributed by atoms with Crippen LogP contribution in [0.2, 0.25) is 0 Å². The molecular weight excluding hydrogens is 230 g/mol. The molecule has 4 heteroatoms. The molecule has 2 rings (SSSR count). The Labute approximate surface area is 105 Å². The van der Waals surface area contributed by atoms with Gasteiger partial charge in [0.2, 0.25) is 0 Å². The number of hydrogen-bond acceptors (Lipinski definition) is 2. The fourth-order valence-corrected chi connectivity index (χ4v) is 1.70. The summed E-state index contributed by atoms with van der Waals surface area (Å²) in [7, 11) is 0. The fourth-order valence-electron chi connectivity index (χ4n) is 1.70. The van der Waals surface area contributed by atoms with Crippen LogP contribution < -0.4 is 5.32 Å². The maximum atomic E-state index is 11.9. The largest absolute Gasteiger partial charge is 0.478 e. The molecule has 0 atom stereocenters. The molecule has 1 fully saturated rings.